The number of aromatic nitrogens is 1. The normalized spacial score (nSPS) is 14.6. The van der Waals surface area contributed by atoms with Crippen molar-refractivity contribution >= 4 is 33.8 Å². The van der Waals surface area contributed by atoms with Gasteiger partial charge in [0.05, 0.1) is 5.52 Å². The van der Waals surface area contributed by atoms with Gasteiger partial charge in [-0.25, -0.2) is 0 Å². The molecule has 1 heterocycles. The number of hydrogen-bond donors (Lipinski definition) is 0. The Labute approximate surface area is 303 Å². The lowest BCUT2D eigenvalue weighted by molar-refractivity contribution is 0.974. The van der Waals surface area contributed by atoms with Crippen LogP contribution in [0.3, 0.4) is 0 Å². The molecule has 0 amide bonds. The molecule has 0 unspecified atom stereocenters. The van der Waals surface area contributed by atoms with Crippen LogP contribution in [0.5, 0.6) is 0 Å². The smallest absolute Gasteiger partial charge is 0.0537 e. The fourth-order valence-electron chi connectivity index (χ4n) is 7.21. The SMILES string of the molecule is C=C/C(=C\C(=C)c1ccccc1N(C)/C(C)=C/C(=C\C(=C)c1ccccc1)C1=CC=CCC1)C1=Cc2c(n(-c3ccccc3)c3ccccc23)C1. The minimum atomic E-state index is 0.821. The number of hydrogen-bond acceptors (Lipinski definition) is 1. The molecule has 2 nitrogen and oxygen atoms in total. The summed E-state index contributed by atoms with van der Waals surface area (Å²) in [6.45, 7) is 15.5. The molecule has 2 aliphatic carbocycles. The van der Waals surface area contributed by atoms with Crippen molar-refractivity contribution in [2.24, 2.45) is 0 Å². The highest BCUT2D eigenvalue weighted by Gasteiger charge is 2.24. The Balaban J connectivity index is 1.20. The minimum absolute atomic E-state index is 0.821. The Bertz CT molecular complexity index is 2330. The third kappa shape index (κ3) is 6.87. The van der Waals surface area contributed by atoms with Crippen LogP contribution in [0, 0.1) is 0 Å². The van der Waals surface area contributed by atoms with Gasteiger partial charge in [0, 0.05) is 52.7 Å². The molecular formula is C49H44N2. The van der Waals surface area contributed by atoms with Crippen LogP contribution < -0.4 is 4.90 Å². The number of allylic oxidation sites excluding steroid dienone is 14. The van der Waals surface area contributed by atoms with Gasteiger partial charge in [0.25, 0.3) is 0 Å². The predicted molar refractivity (Wildman–Crippen MR) is 221 cm³/mol. The highest BCUT2D eigenvalue weighted by molar-refractivity contribution is 5.96. The second kappa shape index (κ2) is 14.8. The van der Waals surface area contributed by atoms with Gasteiger partial charge in [0.15, 0.2) is 0 Å². The zero-order chi connectivity index (χ0) is 35.3. The van der Waals surface area contributed by atoms with Crippen molar-refractivity contribution < 1.29 is 0 Å². The lowest BCUT2D eigenvalue weighted by atomic mass is 9.93. The van der Waals surface area contributed by atoms with Crippen molar-refractivity contribution in [3.63, 3.8) is 0 Å². The third-order valence-electron chi connectivity index (χ3n) is 9.99. The van der Waals surface area contributed by atoms with E-state index in [-0.39, 0.29) is 0 Å². The van der Waals surface area contributed by atoms with Gasteiger partial charge < -0.3 is 9.47 Å². The average molecular weight is 661 g/mol. The van der Waals surface area contributed by atoms with E-state index in [0.717, 1.165) is 58.5 Å². The van der Waals surface area contributed by atoms with Crippen molar-refractivity contribution in [2.45, 2.75) is 26.2 Å². The van der Waals surface area contributed by atoms with Crippen molar-refractivity contribution in [1.29, 1.82) is 0 Å². The predicted octanol–water partition coefficient (Wildman–Crippen LogP) is 12.7. The van der Waals surface area contributed by atoms with Crippen LogP contribution in [-0.4, -0.2) is 11.6 Å². The van der Waals surface area contributed by atoms with Gasteiger partial charge in [0.1, 0.15) is 0 Å². The number of nitrogens with zero attached hydrogens (tertiary/aromatic N) is 2. The summed E-state index contributed by atoms with van der Waals surface area (Å²) in [7, 11) is 2.14. The summed E-state index contributed by atoms with van der Waals surface area (Å²) in [5.41, 5.74) is 16.2. The average Bonchev–Trinajstić information content (AvgIpc) is 3.74. The van der Waals surface area contributed by atoms with E-state index < -0.39 is 0 Å². The molecule has 51 heavy (non-hydrogen) atoms. The Kier molecular flexibility index (Phi) is 9.67. The summed E-state index contributed by atoms with van der Waals surface area (Å²) in [5, 5.41) is 1.27. The van der Waals surface area contributed by atoms with Gasteiger partial charge in [-0.2, -0.15) is 0 Å². The first-order chi connectivity index (χ1) is 24.9. The third-order valence-corrected chi connectivity index (χ3v) is 9.99. The topological polar surface area (TPSA) is 8.17 Å². The molecule has 0 radical (unpaired) electrons. The standard InChI is InChI=1S/C49H44N2/c1-6-38(42-33-46-45-27-17-19-29-48(45)51(49(46)34-42)43-24-14-9-15-25-43)31-36(3)44-26-16-18-28-47(44)50(5)37(4)32-41(40-22-12-8-13-23-40)30-35(2)39-20-10-7-11-21-39/h6-12,14-22,24-33H,1-3,13,23,34H2,4-5H3/b37-32+,38-31+,41-30+. The highest BCUT2D eigenvalue weighted by Crippen LogP contribution is 2.40. The maximum Gasteiger partial charge on any atom is 0.0537 e. The largest absolute Gasteiger partial charge is 0.348 e. The molecule has 0 fully saturated rings. The molecule has 5 aromatic rings. The first-order valence-electron chi connectivity index (χ1n) is 17.7. The lowest BCUT2D eigenvalue weighted by Crippen LogP contribution is -2.16. The van der Waals surface area contributed by atoms with Crippen molar-refractivity contribution in [1.82, 2.24) is 4.57 Å². The zero-order valence-electron chi connectivity index (χ0n) is 29.6. The molecule has 0 saturated heterocycles. The fraction of sp³-hybridized carbons (Fsp3) is 0.102. The Morgan fingerprint density at radius 1 is 0.745 bits per heavy atom. The first-order valence-corrected chi connectivity index (χ1v) is 17.7. The maximum absolute atomic E-state index is 4.60. The van der Waals surface area contributed by atoms with Crippen LogP contribution in [0.1, 0.15) is 42.1 Å². The first kappa shape index (κ1) is 33.4. The molecule has 0 saturated carbocycles. The van der Waals surface area contributed by atoms with Gasteiger partial charge in [-0.05, 0) is 107 Å². The molecule has 0 N–H and O–H groups in total. The van der Waals surface area contributed by atoms with Gasteiger partial charge in [-0.3, -0.25) is 0 Å². The summed E-state index contributed by atoms with van der Waals surface area (Å²) in [4.78, 5) is 2.26. The monoisotopic (exact) mass is 660 g/mol. The van der Waals surface area contributed by atoms with Crippen LogP contribution >= 0.6 is 0 Å². The number of benzene rings is 4. The molecule has 250 valence electrons. The number of para-hydroxylation sites is 3. The van der Waals surface area contributed by atoms with Crippen molar-refractivity contribution in [3.05, 3.63) is 222 Å². The molecule has 1 aromatic heterocycles. The molecule has 4 aromatic carbocycles. The lowest BCUT2D eigenvalue weighted by Gasteiger charge is -2.25. The van der Waals surface area contributed by atoms with E-state index in [9.17, 15) is 0 Å². The summed E-state index contributed by atoms with van der Waals surface area (Å²) in [5.74, 6) is 0. The number of anilines is 1. The van der Waals surface area contributed by atoms with E-state index in [1.54, 1.807) is 0 Å². The van der Waals surface area contributed by atoms with E-state index in [0.29, 0.717) is 0 Å². The van der Waals surface area contributed by atoms with Crippen molar-refractivity contribution in [3.8, 4) is 5.69 Å². The van der Waals surface area contributed by atoms with Gasteiger partial charge in [-0.1, -0.05) is 129 Å². The maximum atomic E-state index is 4.60. The summed E-state index contributed by atoms with van der Waals surface area (Å²) in [6.07, 6.45) is 20.5. The number of rotatable bonds is 11. The molecule has 7 rings (SSSR count). The molecule has 2 heteroatoms. The molecule has 2 aliphatic rings. The Morgan fingerprint density at radius 3 is 2.18 bits per heavy atom. The summed E-state index contributed by atoms with van der Waals surface area (Å²) >= 11 is 0. The number of fused-ring (bicyclic) bond motifs is 3. The molecule has 0 bridgehead atoms. The molecule has 0 atom stereocenters. The molecule has 0 aliphatic heterocycles. The minimum Gasteiger partial charge on any atom is -0.348 e. The fourth-order valence-corrected chi connectivity index (χ4v) is 7.21. The van der Waals surface area contributed by atoms with E-state index in [1.807, 2.05) is 12.1 Å². The van der Waals surface area contributed by atoms with E-state index in [4.69, 9.17) is 0 Å². The zero-order valence-corrected chi connectivity index (χ0v) is 29.6. The van der Waals surface area contributed by atoms with E-state index >= 15 is 0 Å². The van der Waals surface area contributed by atoms with Crippen LogP contribution in [0.15, 0.2) is 199 Å². The van der Waals surface area contributed by atoms with E-state index in [2.05, 4.69) is 189 Å². The van der Waals surface area contributed by atoms with Gasteiger partial charge in [0.2, 0.25) is 0 Å². The van der Waals surface area contributed by atoms with Crippen LogP contribution in [0.4, 0.5) is 5.69 Å². The van der Waals surface area contributed by atoms with Crippen LogP contribution in [0.2, 0.25) is 0 Å². The molecule has 0 spiro atoms. The van der Waals surface area contributed by atoms with Crippen molar-refractivity contribution in [2.75, 3.05) is 11.9 Å². The quantitative estimate of drug-likeness (QED) is 0.128. The molecular weight excluding hydrogens is 617 g/mol. The summed E-state index contributed by atoms with van der Waals surface area (Å²) < 4.78 is 2.40. The second-order valence-corrected chi connectivity index (χ2v) is 13.2. The van der Waals surface area contributed by atoms with Gasteiger partial charge >= 0.3 is 0 Å². The van der Waals surface area contributed by atoms with Crippen LogP contribution in [0.25, 0.3) is 33.8 Å². The van der Waals surface area contributed by atoms with Crippen LogP contribution in [-0.2, 0) is 6.42 Å². The van der Waals surface area contributed by atoms with E-state index in [1.165, 1.54) is 44.6 Å². The summed E-state index contributed by atoms with van der Waals surface area (Å²) in [6, 6.07) is 38.3. The Hall–Kier alpha value is -6.12. The Morgan fingerprint density at radius 2 is 1.43 bits per heavy atom. The highest BCUT2D eigenvalue weighted by atomic mass is 15.1. The van der Waals surface area contributed by atoms with Gasteiger partial charge in [-0.15, -0.1) is 0 Å². The second-order valence-electron chi connectivity index (χ2n) is 13.2.